The fourth-order valence-electron chi connectivity index (χ4n) is 1.70. The van der Waals surface area contributed by atoms with Crippen molar-refractivity contribution in [2.75, 3.05) is 6.61 Å². The molecule has 0 amide bonds. The third kappa shape index (κ3) is 5.21. The lowest BCUT2D eigenvalue weighted by atomic mass is 10.1. The number of carbonyl (C=O) groups excluding carboxylic acids is 2. The summed E-state index contributed by atoms with van der Waals surface area (Å²) in [7, 11) is 0. The lowest BCUT2D eigenvalue weighted by Gasteiger charge is -2.06. The number of carbonyl (C=O) groups is 2. The third-order valence-electron chi connectivity index (χ3n) is 2.82. The number of halogens is 4. The van der Waals surface area contributed by atoms with Crippen molar-refractivity contribution in [2.24, 2.45) is 0 Å². The molecule has 0 aliphatic carbocycles. The highest BCUT2D eigenvalue weighted by molar-refractivity contribution is 7.18. The first-order chi connectivity index (χ1) is 11.3. The van der Waals surface area contributed by atoms with E-state index in [1.54, 1.807) is 6.07 Å². The van der Waals surface area contributed by atoms with Crippen molar-refractivity contribution < 1.29 is 27.5 Å². The molecule has 2 rings (SSSR count). The highest BCUT2D eigenvalue weighted by Crippen LogP contribution is 2.29. The Balaban J connectivity index is 1.92. The molecule has 0 atom stereocenters. The molecule has 0 fully saturated rings. The molecule has 24 heavy (non-hydrogen) atoms. The third-order valence-corrected chi connectivity index (χ3v) is 4.09. The molecule has 0 aliphatic rings. The maximum atomic E-state index is 12.6. The van der Waals surface area contributed by atoms with Gasteiger partial charge in [0.15, 0.2) is 6.61 Å². The minimum absolute atomic E-state index is 0.193. The molecule has 0 saturated heterocycles. The molecule has 0 radical (unpaired) electrons. The first kappa shape index (κ1) is 18.2. The lowest BCUT2D eigenvalue weighted by Crippen LogP contribution is -2.11. The molecule has 3 nitrogen and oxygen atoms in total. The Kier molecular flexibility index (Phi) is 5.80. The second-order valence-corrected chi connectivity index (χ2v) is 6.31. The van der Waals surface area contributed by atoms with Crippen LogP contribution in [0.1, 0.15) is 20.8 Å². The lowest BCUT2D eigenvalue weighted by molar-refractivity contribution is -0.138. The number of esters is 1. The number of hydrogen-bond donors (Lipinski definition) is 0. The Morgan fingerprint density at radius 2 is 1.96 bits per heavy atom. The van der Waals surface area contributed by atoms with Gasteiger partial charge >= 0.3 is 12.1 Å². The zero-order chi connectivity index (χ0) is 17.7. The molecular weight excluding hydrogens is 365 g/mol. The normalized spacial score (nSPS) is 11.7. The van der Waals surface area contributed by atoms with Crippen molar-refractivity contribution in [3.8, 4) is 0 Å². The molecule has 1 heterocycles. The van der Waals surface area contributed by atoms with Gasteiger partial charge in [-0.25, -0.2) is 4.79 Å². The Bertz CT molecular complexity index is 781. The molecule has 0 unspecified atom stereocenters. The summed E-state index contributed by atoms with van der Waals surface area (Å²) >= 11 is 6.76. The van der Waals surface area contributed by atoms with Crippen LogP contribution in [0.15, 0.2) is 42.5 Å². The highest BCUT2D eigenvalue weighted by Gasteiger charge is 2.30. The number of benzene rings is 1. The molecule has 0 saturated carbocycles. The minimum atomic E-state index is -4.46. The van der Waals surface area contributed by atoms with E-state index in [9.17, 15) is 22.8 Å². The van der Waals surface area contributed by atoms with Gasteiger partial charge in [0.2, 0.25) is 5.78 Å². The Labute approximate surface area is 144 Å². The summed E-state index contributed by atoms with van der Waals surface area (Å²) in [5.74, 6) is -1.24. The molecule has 0 N–H and O–H groups in total. The van der Waals surface area contributed by atoms with Gasteiger partial charge in [-0.1, -0.05) is 23.7 Å². The summed E-state index contributed by atoms with van der Waals surface area (Å²) in [5, 5.41) is 0. The van der Waals surface area contributed by atoms with Crippen molar-refractivity contribution in [2.45, 2.75) is 6.18 Å². The molecule has 1 aromatic carbocycles. The van der Waals surface area contributed by atoms with Crippen LogP contribution in [-0.4, -0.2) is 18.4 Å². The Morgan fingerprint density at radius 1 is 1.21 bits per heavy atom. The summed E-state index contributed by atoms with van der Waals surface area (Å²) in [4.78, 5) is 23.6. The SMILES string of the molecule is O=C(/C=C/c1cccc(C(F)(F)F)c1)OCC(=O)c1ccc(Cl)s1. The second-order valence-electron chi connectivity index (χ2n) is 4.59. The molecule has 126 valence electrons. The van der Waals surface area contributed by atoms with Gasteiger partial charge < -0.3 is 4.74 Å². The molecule has 2 aromatic rings. The van der Waals surface area contributed by atoms with Gasteiger partial charge in [0.1, 0.15) is 0 Å². The monoisotopic (exact) mass is 374 g/mol. The van der Waals surface area contributed by atoms with Gasteiger partial charge in [-0.3, -0.25) is 4.79 Å². The van der Waals surface area contributed by atoms with E-state index in [1.807, 2.05) is 0 Å². The molecule has 8 heteroatoms. The molecule has 0 aliphatic heterocycles. The van der Waals surface area contributed by atoms with E-state index in [0.717, 1.165) is 29.5 Å². The number of ketones is 1. The zero-order valence-corrected chi connectivity index (χ0v) is 13.5. The molecule has 0 bridgehead atoms. The molecular formula is C16H10ClF3O3S. The van der Waals surface area contributed by atoms with E-state index in [-0.39, 0.29) is 5.56 Å². The maximum absolute atomic E-state index is 12.6. The fraction of sp³-hybridized carbons (Fsp3) is 0.125. The van der Waals surface area contributed by atoms with Crippen LogP contribution in [0.4, 0.5) is 13.2 Å². The van der Waals surface area contributed by atoms with E-state index in [4.69, 9.17) is 16.3 Å². The summed E-state index contributed by atoms with van der Waals surface area (Å²) in [5.41, 5.74) is -0.624. The molecule has 1 aromatic heterocycles. The first-order valence-electron chi connectivity index (χ1n) is 6.56. The van der Waals surface area contributed by atoms with E-state index >= 15 is 0 Å². The van der Waals surface area contributed by atoms with Crippen LogP contribution < -0.4 is 0 Å². The summed E-state index contributed by atoms with van der Waals surface area (Å²) in [6.45, 7) is -0.470. The van der Waals surface area contributed by atoms with Gasteiger partial charge in [-0.05, 0) is 35.9 Å². The number of hydrogen-bond acceptors (Lipinski definition) is 4. The van der Waals surface area contributed by atoms with Crippen molar-refractivity contribution in [3.05, 3.63) is 62.8 Å². The second kappa shape index (κ2) is 7.63. The van der Waals surface area contributed by atoms with Gasteiger partial charge in [0, 0.05) is 6.08 Å². The van der Waals surface area contributed by atoms with Crippen LogP contribution in [0, 0.1) is 0 Å². The van der Waals surface area contributed by atoms with Gasteiger partial charge in [-0.2, -0.15) is 13.2 Å². The van der Waals surface area contributed by atoms with Crippen molar-refractivity contribution >= 4 is 40.8 Å². The van der Waals surface area contributed by atoms with Crippen LogP contribution in [-0.2, 0) is 15.7 Å². The largest absolute Gasteiger partial charge is 0.454 e. The predicted molar refractivity (Wildman–Crippen MR) is 85.1 cm³/mol. The van der Waals surface area contributed by atoms with Crippen LogP contribution in [0.25, 0.3) is 6.08 Å². The molecule has 0 spiro atoms. The quantitative estimate of drug-likeness (QED) is 0.426. The van der Waals surface area contributed by atoms with E-state index in [0.29, 0.717) is 9.21 Å². The van der Waals surface area contributed by atoms with Crippen molar-refractivity contribution in [3.63, 3.8) is 0 Å². The Morgan fingerprint density at radius 3 is 2.58 bits per heavy atom. The van der Waals surface area contributed by atoms with Crippen LogP contribution >= 0.6 is 22.9 Å². The van der Waals surface area contributed by atoms with Crippen molar-refractivity contribution in [1.82, 2.24) is 0 Å². The van der Waals surface area contributed by atoms with E-state index < -0.39 is 30.1 Å². The Hall–Kier alpha value is -2.12. The van der Waals surface area contributed by atoms with E-state index in [2.05, 4.69) is 0 Å². The average molecular weight is 375 g/mol. The number of thiophene rings is 1. The standard InChI is InChI=1S/C16H10ClF3O3S/c17-14-6-5-13(24-14)12(21)9-23-15(22)7-4-10-2-1-3-11(8-10)16(18,19)20/h1-8H,9H2/b7-4+. The van der Waals surface area contributed by atoms with Crippen LogP contribution in [0.3, 0.4) is 0 Å². The van der Waals surface area contributed by atoms with Crippen LogP contribution in [0.5, 0.6) is 0 Å². The zero-order valence-electron chi connectivity index (χ0n) is 12.0. The average Bonchev–Trinajstić information content (AvgIpc) is 2.96. The van der Waals surface area contributed by atoms with Gasteiger partial charge in [0.25, 0.3) is 0 Å². The number of rotatable bonds is 5. The highest BCUT2D eigenvalue weighted by atomic mass is 35.5. The van der Waals surface area contributed by atoms with Crippen LogP contribution in [0.2, 0.25) is 4.34 Å². The first-order valence-corrected chi connectivity index (χ1v) is 7.76. The van der Waals surface area contributed by atoms with Gasteiger partial charge in [-0.15, -0.1) is 11.3 Å². The number of alkyl halides is 3. The summed E-state index contributed by atoms with van der Waals surface area (Å²) < 4.78 is 42.9. The van der Waals surface area contributed by atoms with Gasteiger partial charge in [0.05, 0.1) is 14.8 Å². The topological polar surface area (TPSA) is 43.4 Å². The maximum Gasteiger partial charge on any atom is 0.416 e. The number of Topliss-reactive ketones (excluding diaryl/α,β-unsaturated/α-hetero) is 1. The smallest absolute Gasteiger partial charge is 0.416 e. The van der Waals surface area contributed by atoms with Crippen molar-refractivity contribution in [1.29, 1.82) is 0 Å². The summed E-state index contributed by atoms with van der Waals surface area (Å²) in [6, 6.07) is 7.55. The predicted octanol–water partition coefficient (Wildman–Crippen LogP) is 4.86. The number of ether oxygens (including phenoxy) is 1. The minimum Gasteiger partial charge on any atom is -0.454 e. The summed E-state index contributed by atoms with van der Waals surface area (Å²) in [6.07, 6.45) is -2.31. The van der Waals surface area contributed by atoms with E-state index in [1.165, 1.54) is 24.3 Å². The fourth-order valence-corrected chi connectivity index (χ4v) is 2.67.